The van der Waals surface area contributed by atoms with E-state index in [9.17, 15) is 0 Å². The van der Waals surface area contributed by atoms with Crippen molar-refractivity contribution in [2.75, 3.05) is 6.54 Å². The van der Waals surface area contributed by atoms with Gasteiger partial charge in [-0.2, -0.15) is 0 Å². The van der Waals surface area contributed by atoms with Gasteiger partial charge in [-0.3, -0.25) is 0 Å². The molecule has 0 aliphatic heterocycles. The molecule has 108 valence electrons. The highest BCUT2D eigenvalue weighted by atomic mass is 35.5. The SMILES string of the molecule is CCC(NCCc1csc(C)n1)c1ccc(Cl)c(Cl)c1. The summed E-state index contributed by atoms with van der Waals surface area (Å²) in [6, 6.07) is 6.12. The highest BCUT2D eigenvalue weighted by Gasteiger charge is 2.10. The molecule has 0 saturated carbocycles. The number of aryl methyl sites for hydroxylation is 1. The average molecular weight is 329 g/mol. The Kier molecular flexibility index (Phi) is 5.85. The van der Waals surface area contributed by atoms with E-state index in [0.717, 1.165) is 30.1 Å². The molecule has 0 fully saturated rings. The maximum Gasteiger partial charge on any atom is 0.0897 e. The summed E-state index contributed by atoms with van der Waals surface area (Å²) in [7, 11) is 0. The van der Waals surface area contributed by atoms with E-state index >= 15 is 0 Å². The van der Waals surface area contributed by atoms with Crippen molar-refractivity contribution in [1.82, 2.24) is 10.3 Å². The molecule has 1 aromatic carbocycles. The summed E-state index contributed by atoms with van der Waals surface area (Å²) < 4.78 is 0. The van der Waals surface area contributed by atoms with Crippen LogP contribution in [0.5, 0.6) is 0 Å². The Labute approximate surface area is 134 Å². The van der Waals surface area contributed by atoms with Crippen LogP contribution in [-0.2, 0) is 6.42 Å². The van der Waals surface area contributed by atoms with Gasteiger partial charge >= 0.3 is 0 Å². The molecular weight excluding hydrogens is 311 g/mol. The van der Waals surface area contributed by atoms with Gasteiger partial charge in [-0.25, -0.2) is 4.98 Å². The topological polar surface area (TPSA) is 24.9 Å². The first-order valence-corrected chi connectivity index (χ1v) is 8.33. The van der Waals surface area contributed by atoms with Crippen LogP contribution in [0.1, 0.15) is 35.7 Å². The number of thiazole rings is 1. The van der Waals surface area contributed by atoms with E-state index in [2.05, 4.69) is 22.6 Å². The van der Waals surface area contributed by atoms with Gasteiger partial charge < -0.3 is 5.32 Å². The molecule has 1 heterocycles. The molecule has 0 amide bonds. The fourth-order valence-corrected chi connectivity index (χ4v) is 3.08. The van der Waals surface area contributed by atoms with Gasteiger partial charge in [0.05, 0.1) is 20.7 Å². The quantitative estimate of drug-likeness (QED) is 0.803. The normalized spacial score (nSPS) is 12.6. The molecule has 0 aliphatic carbocycles. The molecule has 0 spiro atoms. The van der Waals surface area contributed by atoms with Crippen molar-refractivity contribution in [2.45, 2.75) is 32.7 Å². The van der Waals surface area contributed by atoms with Crippen molar-refractivity contribution in [2.24, 2.45) is 0 Å². The first-order chi connectivity index (χ1) is 9.60. The number of nitrogens with one attached hydrogen (secondary N) is 1. The largest absolute Gasteiger partial charge is 0.310 e. The fourth-order valence-electron chi connectivity index (χ4n) is 2.12. The maximum atomic E-state index is 6.08. The fraction of sp³-hybridized carbons (Fsp3) is 0.400. The van der Waals surface area contributed by atoms with Gasteiger partial charge in [-0.15, -0.1) is 11.3 Å². The van der Waals surface area contributed by atoms with Crippen LogP contribution in [0.15, 0.2) is 23.6 Å². The third-order valence-corrected chi connectivity index (χ3v) is 4.75. The lowest BCUT2D eigenvalue weighted by Crippen LogP contribution is -2.23. The van der Waals surface area contributed by atoms with Crippen molar-refractivity contribution in [3.8, 4) is 0 Å². The molecule has 2 rings (SSSR count). The second-order valence-electron chi connectivity index (χ2n) is 4.70. The Morgan fingerprint density at radius 2 is 2.10 bits per heavy atom. The minimum absolute atomic E-state index is 0.296. The molecule has 2 aromatic rings. The van der Waals surface area contributed by atoms with Crippen molar-refractivity contribution in [3.05, 3.63) is 49.9 Å². The molecule has 1 aromatic heterocycles. The minimum Gasteiger partial charge on any atom is -0.310 e. The average Bonchev–Trinajstić information content (AvgIpc) is 2.84. The van der Waals surface area contributed by atoms with Crippen LogP contribution >= 0.6 is 34.5 Å². The van der Waals surface area contributed by atoms with Crippen molar-refractivity contribution < 1.29 is 0 Å². The van der Waals surface area contributed by atoms with Crippen LogP contribution in [0.3, 0.4) is 0 Å². The Bertz CT molecular complexity index is 569. The third kappa shape index (κ3) is 4.19. The predicted molar refractivity (Wildman–Crippen MR) is 88.1 cm³/mol. The van der Waals surface area contributed by atoms with Gasteiger partial charge in [0.1, 0.15) is 0 Å². The molecule has 5 heteroatoms. The van der Waals surface area contributed by atoms with E-state index in [-0.39, 0.29) is 0 Å². The van der Waals surface area contributed by atoms with Gasteiger partial charge in [0, 0.05) is 24.4 Å². The van der Waals surface area contributed by atoms with E-state index in [4.69, 9.17) is 23.2 Å². The van der Waals surface area contributed by atoms with Crippen LogP contribution in [0.2, 0.25) is 10.0 Å². The zero-order chi connectivity index (χ0) is 14.5. The number of rotatable bonds is 6. The molecule has 0 aliphatic rings. The van der Waals surface area contributed by atoms with Gasteiger partial charge in [-0.05, 0) is 31.0 Å². The molecule has 0 radical (unpaired) electrons. The minimum atomic E-state index is 0.296. The zero-order valence-electron chi connectivity index (χ0n) is 11.6. The summed E-state index contributed by atoms with van der Waals surface area (Å²) in [5, 5.41) is 8.01. The van der Waals surface area contributed by atoms with E-state index in [1.165, 1.54) is 5.56 Å². The Morgan fingerprint density at radius 1 is 1.30 bits per heavy atom. The van der Waals surface area contributed by atoms with Crippen molar-refractivity contribution in [3.63, 3.8) is 0 Å². The summed E-state index contributed by atoms with van der Waals surface area (Å²) in [5.41, 5.74) is 2.33. The summed E-state index contributed by atoms with van der Waals surface area (Å²) in [5.74, 6) is 0. The lowest BCUT2D eigenvalue weighted by Gasteiger charge is -2.17. The van der Waals surface area contributed by atoms with Crippen LogP contribution in [0.25, 0.3) is 0 Å². The highest BCUT2D eigenvalue weighted by molar-refractivity contribution is 7.09. The second kappa shape index (κ2) is 7.41. The predicted octanol–water partition coefficient (Wildman–Crippen LogP) is 5.04. The van der Waals surface area contributed by atoms with E-state index in [1.807, 2.05) is 25.1 Å². The number of benzene rings is 1. The summed E-state index contributed by atoms with van der Waals surface area (Å²) in [4.78, 5) is 4.47. The molecule has 1 unspecified atom stereocenters. The summed E-state index contributed by atoms with van der Waals surface area (Å²) in [6.45, 7) is 5.10. The van der Waals surface area contributed by atoms with Crippen LogP contribution in [-0.4, -0.2) is 11.5 Å². The lowest BCUT2D eigenvalue weighted by atomic mass is 10.0. The number of hydrogen-bond donors (Lipinski definition) is 1. The van der Waals surface area contributed by atoms with Gasteiger partial charge in [-0.1, -0.05) is 36.2 Å². The first-order valence-electron chi connectivity index (χ1n) is 6.69. The van der Waals surface area contributed by atoms with Crippen molar-refractivity contribution >= 4 is 34.5 Å². The summed E-state index contributed by atoms with van der Waals surface area (Å²) >= 11 is 13.7. The first kappa shape index (κ1) is 15.8. The Morgan fingerprint density at radius 3 is 2.70 bits per heavy atom. The number of aromatic nitrogens is 1. The zero-order valence-corrected chi connectivity index (χ0v) is 13.9. The number of halogens is 2. The van der Waals surface area contributed by atoms with Gasteiger partial charge in [0.25, 0.3) is 0 Å². The van der Waals surface area contributed by atoms with Crippen LogP contribution in [0.4, 0.5) is 0 Å². The highest BCUT2D eigenvalue weighted by Crippen LogP contribution is 2.26. The van der Waals surface area contributed by atoms with Crippen LogP contribution in [0, 0.1) is 6.92 Å². The molecule has 0 bridgehead atoms. The molecule has 1 atom stereocenters. The van der Waals surface area contributed by atoms with E-state index in [1.54, 1.807) is 11.3 Å². The molecule has 0 saturated heterocycles. The smallest absolute Gasteiger partial charge is 0.0897 e. The monoisotopic (exact) mass is 328 g/mol. The molecule has 20 heavy (non-hydrogen) atoms. The van der Waals surface area contributed by atoms with E-state index < -0.39 is 0 Å². The molecule has 1 N–H and O–H groups in total. The maximum absolute atomic E-state index is 6.08. The standard InChI is InChI=1S/C15H18Cl2N2S/c1-3-15(11-4-5-13(16)14(17)8-11)18-7-6-12-9-20-10(2)19-12/h4-5,8-9,15,18H,3,6-7H2,1-2H3. The van der Waals surface area contributed by atoms with Crippen molar-refractivity contribution in [1.29, 1.82) is 0 Å². The Balaban J connectivity index is 1.93. The second-order valence-corrected chi connectivity index (χ2v) is 6.57. The van der Waals surface area contributed by atoms with Gasteiger partial charge in [0.15, 0.2) is 0 Å². The number of nitrogens with zero attached hydrogens (tertiary/aromatic N) is 1. The molecule has 2 nitrogen and oxygen atoms in total. The summed E-state index contributed by atoms with van der Waals surface area (Å²) in [6.07, 6.45) is 1.95. The van der Waals surface area contributed by atoms with Gasteiger partial charge in [0.2, 0.25) is 0 Å². The van der Waals surface area contributed by atoms with E-state index in [0.29, 0.717) is 16.1 Å². The third-order valence-electron chi connectivity index (χ3n) is 3.19. The number of hydrogen-bond acceptors (Lipinski definition) is 3. The van der Waals surface area contributed by atoms with Crippen LogP contribution < -0.4 is 5.32 Å². The Hall–Kier alpha value is -0.610. The molecular formula is C15H18Cl2N2S. The lowest BCUT2D eigenvalue weighted by molar-refractivity contribution is 0.521.